The summed E-state index contributed by atoms with van der Waals surface area (Å²) in [5.74, 6) is 1.67. The van der Waals surface area contributed by atoms with Gasteiger partial charge in [-0.1, -0.05) is 30.3 Å². The van der Waals surface area contributed by atoms with Crippen molar-refractivity contribution < 1.29 is 0 Å². The van der Waals surface area contributed by atoms with Crippen molar-refractivity contribution in [1.82, 2.24) is 14.9 Å². The molecular weight excluding hydrogens is 298 g/mol. The fraction of sp³-hybridized carbons (Fsp3) is 0.474. The van der Waals surface area contributed by atoms with Crippen LogP contribution in [0.1, 0.15) is 25.1 Å². The average Bonchev–Trinajstić information content (AvgIpc) is 2.52. The van der Waals surface area contributed by atoms with Gasteiger partial charge in [0.05, 0.1) is 0 Å². The molecule has 5 heteroatoms. The van der Waals surface area contributed by atoms with E-state index in [-0.39, 0.29) is 0 Å². The topological polar surface area (TPSA) is 44.3 Å². The molecule has 1 heterocycles. The molecular formula is C19H29N5. The van der Waals surface area contributed by atoms with E-state index in [4.69, 9.17) is 4.98 Å². The van der Waals surface area contributed by atoms with E-state index in [0.717, 1.165) is 37.1 Å². The zero-order valence-corrected chi connectivity index (χ0v) is 15.5. The van der Waals surface area contributed by atoms with Crippen molar-refractivity contribution >= 4 is 11.8 Å². The fourth-order valence-corrected chi connectivity index (χ4v) is 2.44. The van der Waals surface area contributed by atoms with Gasteiger partial charge in [-0.3, -0.25) is 0 Å². The lowest BCUT2D eigenvalue weighted by Gasteiger charge is -2.27. The summed E-state index contributed by atoms with van der Waals surface area (Å²) in [5, 5.41) is 3.40. The van der Waals surface area contributed by atoms with E-state index in [2.05, 4.69) is 72.3 Å². The third-order valence-corrected chi connectivity index (χ3v) is 3.78. The third-order valence-electron chi connectivity index (χ3n) is 3.78. The van der Waals surface area contributed by atoms with Crippen molar-refractivity contribution in [3.8, 4) is 0 Å². The van der Waals surface area contributed by atoms with Crippen molar-refractivity contribution in [1.29, 1.82) is 0 Å². The highest BCUT2D eigenvalue weighted by Crippen LogP contribution is 2.19. The maximum absolute atomic E-state index is 4.73. The number of hydrogen-bond acceptors (Lipinski definition) is 5. The Hall–Kier alpha value is -2.14. The number of nitrogens with one attached hydrogen (secondary N) is 1. The maximum Gasteiger partial charge on any atom is 0.228 e. The summed E-state index contributed by atoms with van der Waals surface area (Å²) >= 11 is 0. The Labute approximate surface area is 145 Å². The van der Waals surface area contributed by atoms with Crippen molar-refractivity contribution in [2.45, 2.75) is 33.4 Å². The minimum absolute atomic E-state index is 0.321. The first-order valence-corrected chi connectivity index (χ1v) is 8.50. The van der Waals surface area contributed by atoms with E-state index < -0.39 is 0 Å². The first-order valence-electron chi connectivity index (χ1n) is 8.50. The predicted octanol–water partition coefficient (Wildman–Crippen LogP) is 3.17. The predicted molar refractivity (Wildman–Crippen MR) is 102 cm³/mol. The molecule has 5 nitrogen and oxygen atoms in total. The van der Waals surface area contributed by atoms with E-state index in [1.54, 1.807) is 0 Å². The second-order valence-corrected chi connectivity index (χ2v) is 6.63. The lowest BCUT2D eigenvalue weighted by atomic mass is 10.2. The molecule has 0 unspecified atom stereocenters. The van der Waals surface area contributed by atoms with Crippen LogP contribution in [0.25, 0.3) is 0 Å². The molecule has 0 saturated carbocycles. The van der Waals surface area contributed by atoms with Crippen LogP contribution in [-0.4, -0.2) is 48.1 Å². The highest BCUT2D eigenvalue weighted by atomic mass is 15.3. The summed E-state index contributed by atoms with van der Waals surface area (Å²) in [6.45, 7) is 9.00. The van der Waals surface area contributed by atoms with E-state index >= 15 is 0 Å². The molecule has 0 fully saturated rings. The Morgan fingerprint density at radius 1 is 1.08 bits per heavy atom. The van der Waals surface area contributed by atoms with Gasteiger partial charge in [-0.05, 0) is 40.4 Å². The molecule has 0 aliphatic carbocycles. The van der Waals surface area contributed by atoms with Gasteiger partial charge in [0.1, 0.15) is 5.82 Å². The van der Waals surface area contributed by atoms with Crippen LogP contribution in [0.2, 0.25) is 0 Å². The highest BCUT2D eigenvalue weighted by molar-refractivity contribution is 5.44. The van der Waals surface area contributed by atoms with Gasteiger partial charge in [-0.25, -0.2) is 4.98 Å². The monoisotopic (exact) mass is 327 g/mol. The smallest absolute Gasteiger partial charge is 0.228 e. The zero-order valence-electron chi connectivity index (χ0n) is 15.5. The Morgan fingerprint density at radius 2 is 1.79 bits per heavy atom. The first kappa shape index (κ1) is 18.2. The molecule has 0 spiro atoms. The third kappa shape index (κ3) is 5.49. The Balaban J connectivity index is 2.18. The average molecular weight is 327 g/mol. The molecule has 0 atom stereocenters. The quantitative estimate of drug-likeness (QED) is 0.807. The van der Waals surface area contributed by atoms with E-state index in [9.17, 15) is 0 Å². The lowest BCUT2D eigenvalue weighted by molar-refractivity contribution is 0.425. The molecule has 0 bridgehead atoms. The maximum atomic E-state index is 4.73. The van der Waals surface area contributed by atoms with Crippen LogP contribution in [0.5, 0.6) is 0 Å². The summed E-state index contributed by atoms with van der Waals surface area (Å²) in [6, 6.07) is 12.8. The highest BCUT2D eigenvalue weighted by Gasteiger charge is 2.15. The molecule has 24 heavy (non-hydrogen) atoms. The van der Waals surface area contributed by atoms with Crippen LogP contribution in [0.4, 0.5) is 11.8 Å². The minimum Gasteiger partial charge on any atom is -0.369 e. The van der Waals surface area contributed by atoms with Crippen LogP contribution in [-0.2, 0) is 6.54 Å². The standard InChI is InChI=1S/C19H29N5/c1-15(2)24(14-17-9-7-6-8-10-17)19-21-16(3)13-18(22-19)20-11-12-23(4)5/h6-10,13,15H,11-12,14H2,1-5H3,(H,20,21,22). The number of hydrogen-bond donors (Lipinski definition) is 1. The van der Waals surface area contributed by atoms with Crippen LogP contribution in [0, 0.1) is 6.92 Å². The Morgan fingerprint density at radius 3 is 2.42 bits per heavy atom. The summed E-state index contributed by atoms with van der Waals surface area (Å²) in [4.78, 5) is 13.8. The molecule has 0 radical (unpaired) electrons. The number of benzene rings is 1. The van der Waals surface area contributed by atoms with Crippen LogP contribution in [0.15, 0.2) is 36.4 Å². The van der Waals surface area contributed by atoms with Gasteiger partial charge >= 0.3 is 0 Å². The second kappa shape index (κ2) is 8.64. The summed E-state index contributed by atoms with van der Waals surface area (Å²) in [6.07, 6.45) is 0. The molecule has 130 valence electrons. The van der Waals surface area contributed by atoms with Crippen molar-refractivity contribution in [3.05, 3.63) is 47.7 Å². The summed E-state index contributed by atoms with van der Waals surface area (Å²) in [7, 11) is 4.14. The molecule has 1 aromatic heterocycles. The Bertz CT molecular complexity index is 625. The van der Waals surface area contributed by atoms with Gasteiger partial charge < -0.3 is 15.1 Å². The molecule has 1 N–H and O–H groups in total. The van der Waals surface area contributed by atoms with Gasteiger partial charge in [-0.2, -0.15) is 4.98 Å². The number of rotatable bonds is 8. The van der Waals surface area contributed by atoms with E-state index in [1.807, 2.05) is 19.1 Å². The van der Waals surface area contributed by atoms with Crippen molar-refractivity contribution in [2.24, 2.45) is 0 Å². The van der Waals surface area contributed by atoms with Gasteiger partial charge in [0.15, 0.2) is 0 Å². The number of nitrogens with zero attached hydrogens (tertiary/aromatic N) is 4. The van der Waals surface area contributed by atoms with Crippen LogP contribution >= 0.6 is 0 Å². The van der Waals surface area contributed by atoms with E-state index in [1.165, 1.54) is 5.56 Å². The molecule has 2 rings (SSSR count). The van der Waals surface area contributed by atoms with E-state index in [0.29, 0.717) is 6.04 Å². The van der Waals surface area contributed by atoms with Crippen molar-refractivity contribution in [3.63, 3.8) is 0 Å². The van der Waals surface area contributed by atoms with Crippen LogP contribution in [0.3, 0.4) is 0 Å². The fourth-order valence-electron chi connectivity index (χ4n) is 2.44. The lowest BCUT2D eigenvalue weighted by Crippen LogP contribution is -2.32. The number of aromatic nitrogens is 2. The number of likely N-dealkylation sites (N-methyl/N-ethyl adjacent to an activating group) is 1. The van der Waals surface area contributed by atoms with Gasteiger partial charge in [0.2, 0.25) is 5.95 Å². The zero-order chi connectivity index (χ0) is 17.5. The van der Waals surface area contributed by atoms with Gasteiger partial charge in [0, 0.05) is 37.4 Å². The Kier molecular flexibility index (Phi) is 6.55. The molecule has 0 amide bonds. The molecule has 0 aliphatic rings. The molecule has 1 aromatic carbocycles. The molecule has 0 aliphatic heterocycles. The molecule has 2 aromatic rings. The summed E-state index contributed by atoms with van der Waals surface area (Å²) < 4.78 is 0. The SMILES string of the molecule is Cc1cc(NCCN(C)C)nc(N(Cc2ccccc2)C(C)C)n1. The summed E-state index contributed by atoms with van der Waals surface area (Å²) in [5.41, 5.74) is 2.24. The van der Waals surface area contributed by atoms with Crippen LogP contribution < -0.4 is 10.2 Å². The molecule has 0 saturated heterocycles. The number of anilines is 2. The first-order chi connectivity index (χ1) is 11.5. The second-order valence-electron chi connectivity index (χ2n) is 6.63. The normalized spacial score (nSPS) is 11.1. The van der Waals surface area contributed by atoms with Gasteiger partial charge in [0.25, 0.3) is 0 Å². The largest absolute Gasteiger partial charge is 0.369 e. The van der Waals surface area contributed by atoms with Gasteiger partial charge in [-0.15, -0.1) is 0 Å². The minimum atomic E-state index is 0.321. The van der Waals surface area contributed by atoms with Crippen molar-refractivity contribution in [2.75, 3.05) is 37.4 Å². The number of aryl methyl sites for hydroxylation is 1.